The fourth-order valence-corrected chi connectivity index (χ4v) is 4.45. The maximum atomic E-state index is 12.4. The standard InChI is InChI=1S/C21H23N3O3S/c1-13(21(26)23(2)3)24-8-9-27-19-15(12-24)10-14(11-17(19)25)20-22-16-6-4-5-7-18(16)28-20/h4-7,10-11,13,25H,8-9,12H2,1-3H3/t13-/m1/s1. The Hall–Kier alpha value is -2.64. The number of aromatic nitrogens is 1. The smallest absolute Gasteiger partial charge is 0.239 e. The van der Waals surface area contributed by atoms with Crippen LogP contribution < -0.4 is 4.74 Å². The van der Waals surface area contributed by atoms with Crippen LogP contribution in [0.5, 0.6) is 11.5 Å². The second kappa shape index (κ2) is 7.41. The lowest BCUT2D eigenvalue weighted by Gasteiger charge is -2.28. The zero-order valence-electron chi connectivity index (χ0n) is 16.2. The third-order valence-electron chi connectivity index (χ3n) is 5.03. The summed E-state index contributed by atoms with van der Waals surface area (Å²) in [5.74, 6) is 0.659. The van der Waals surface area contributed by atoms with E-state index in [0.717, 1.165) is 26.4 Å². The van der Waals surface area contributed by atoms with E-state index in [9.17, 15) is 9.90 Å². The number of phenols is 1. The zero-order chi connectivity index (χ0) is 19.8. The number of amides is 1. The summed E-state index contributed by atoms with van der Waals surface area (Å²) in [5.41, 5.74) is 2.67. The minimum atomic E-state index is -0.266. The van der Waals surface area contributed by atoms with Crippen LogP contribution in [0.15, 0.2) is 36.4 Å². The van der Waals surface area contributed by atoms with Crippen molar-refractivity contribution in [2.45, 2.75) is 19.5 Å². The number of carbonyl (C=O) groups is 1. The van der Waals surface area contributed by atoms with Crippen molar-refractivity contribution in [3.05, 3.63) is 42.0 Å². The van der Waals surface area contributed by atoms with Gasteiger partial charge in [0.15, 0.2) is 11.5 Å². The predicted molar refractivity (Wildman–Crippen MR) is 111 cm³/mol. The molecule has 2 aromatic carbocycles. The molecular weight excluding hydrogens is 374 g/mol. The second-order valence-electron chi connectivity index (χ2n) is 7.20. The Kier molecular flexibility index (Phi) is 4.95. The van der Waals surface area contributed by atoms with Crippen molar-refractivity contribution in [2.75, 3.05) is 27.2 Å². The topological polar surface area (TPSA) is 65.9 Å². The molecule has 0 saturated heterocycles. The maximum Gasteiger partial charge on any atom is 0.239 e. The molecule has 0 unspecified atom stereocenters. The van der Waals surface area contributed by atoms with Gasteiger partial charge in [0.05, 0.1) is 16.3 Å². The Balaban J connectivity index is 1.70. The first-order chi connectivity index (χ1) is 13.4. The van der Waals surface area contributed by atoms with Crippen molar-refractivity contribution in [3.63, 3.8) is 0 Å². The predicted octanol–water partition coefficient (Wildman–Crippen LogP) is 3.34. The first-order valence-electron chi connectivity index (χ1n) is 9.24. The summed E-state index contributed by atoms with van der Waals surface area (Å²) in [6.07, 6.45) is 0. The third kappa shape index (κ3) is 3.43. The van der Waals surface area contributed by atoms with Gasteiger partial charge in [0.25, 0.3) is 0 Å². The minimum absolute atomic E-state index is 0.0509. The quantitative estimate of drug-likeness (QED) is 0.734. The Bertz CT molecular complexity index is 998. The Labute approximate surface area is 168 Å². The van der Waals surface area contributed by atoms with Crippen molar-refractivity contribution in [2.24, 2.45) is 0 Å². The number of thiazole rings is 1. The van der Waals surface area contributed by atoms with E-state index in [-0.39, 0.29) is 17.7 Å². The van der Waals surface area contributed by atoms with E-state index < -0.39 is 0 Å². The van der Waals surface area contributed by atoms with Crippen molar-refractivity contribution < 1.29 is 14.6 Å². The van der Waals surface area contributed by atoms with Gasteiger partial charge in [0.2, 0.25) is 5.91 Å². The van der Waals surface area contributed by atoms with Crippen LogP contribution in [-0.4, -0.2) is 59.1 Å². The first kappa shape index (κ1) is 18.7. The molecule has 0 radical (unpaired) electrons. The highest BCUT2D eigenvalue weighted by atomic mass is 32.1. The molecule has 146 valence electrons. The average molecular weight is 398 g/mol. The summed E-state index contributed by atoms with van der Waals surface area (Å²) < 4.78 is 6.92. The van der Waals surface area contributed by atoms with Crippen LogP contribution >= 0.6 is 11.3 Å². The average Bonchev–Trinajstić information content (AvgIpc) is 2.99. The zero-order valence-corrected chi connectivity index (χ0v) is 17.0. The Morgan fingerprint density at radius 1 is 1.32 bits per heavy atom. The molecule has 0 spiro atoms. The number of nitrogens with zero attached hydrogens (tertiary/aromatic N) is 3. The number of phenolic OH excluding ortho intramolecular Hbond substituents is 1. The number of hydrogen-bond donors (Lipinski definition) is 1. The molecule has 1 amide bonds. The van der Waals surface area contributed by atoms with Crippen LogP contribution in [0.3, 0.4) is 0 Å². The van der Waals surface area contributed by atoms with Gasteiger partial charge in [-0.05, 0) is 31.2 Å². The highest BCUT2D eigenvalue weighted by Crippen LogP contribution is 2.39. The third-order valence-corrected chi connectivity index (χ3v) is 6.12. The Morgan fingerprint density at radius 2 is 2.11 bits per heavy atom. The summed E-state index contributed by atoms with van der Waals surface area (Å²) in [5, 5.41) is 11.4. The van der Waals surface area contributed by atoms with Crippen molar-refractivity contribution in [1.29, 1.82) is 0 Å². The highest BCUT2D eigenvalue weighted by molar-refractivity contribution is 7.21. The number of fused-ring (bicyclic) bond motifs is 2. The van der Waals surface area contributed by atoms with Gasteiger partial charge in [-0.25, -0.2) is 4.98 Å². The number of carbonyl (C=O) groups excluding carboxylic acids is 1. The second-order valence-corrected chi connectivity index (χ2v) is 8.23. The lowest BCUT2D eigenvalue weighted by Crippen LogP contribution is -2.45. The van der Waals surface area contributed by atoms with Crippen LogP contribution in [0.4, 0.5) is 0 Å². The fourth-order valence-electron chi connectivity index (χ4n) is 3.50. The maximum absolute atomic E-state index is 12.4. The largest absolute Gasteiger partial charge is 0.504 e. The molecule has 1 atom stereocenters. The molecule has 6 nitrogen and oxygen atoms in total. The molecule has 1 N–H and O–H groups in total. The number of para-hydroxylation sites is 1. The lowest BCUT2D eigenvalue weighted by molar-refractivity contribution is -0.134. The highest BCUT2D eigenvalue weighted by Gasteiger charge is 2.27. The molecule has 4 rings (SSSR count). The molecule has 0 fully saturated rings. The van der Waals surface area contributed by atoms with Gasteiger partial charge in [-0.3, -0.25) is 9.69 Å². The van der Waals surface area contributed by atoms with Gasteiger partial charge in [0.1, 0.15) is 11.6 Å². The number of aromatic hydroxyl groups is 1. The van der Waals surface area contributed by atoms with Crippen LogP contribution in [0, 0.1) is 0 Å². The molecular formula is C21H23N3O3S. The molecule has 0 saturated carbocycles. The molecule has 1 aliphatic heterocycles. The van der Waals surface area contributed by atoms with E-state index in [1.165, 1.54) is 0 Å². The van der Waals surface area contributed by atoms with Gasteiger partial charge in [-0.1, -0.05) is 12.1 Å². The SMILES string of the molecule is C[C@H](C(=O)N(C)C)N1CCOc2c(O)cc(-c3nc4ccccc4s3)cc2C1. The number of ether oxygens (including phenoxy) is 1. The number of hydrogen-bond acceptors (Lipinski definition) is 6. The van der Waals surface area contributed by atoms with Gasteiger partial charge >= 0.3 is 0 Å². The molecule has 1 aromatic heterocycles. The van der Waals surface area contributed by atoms with E-state index >= 15 is 0 Å². The van der Waals surface area contributed by atoms with Crippen LogP contribution in [0.2, 0.25) is 0 Å². The molecule has 1 aliphatic rings. The number of likely N-dealkylation sites (N-methyl/N-ethyl adjacent to an activating group) is 1. The fraction of sp³-hybridized carbons (Fsp3) is 0.333. The van der Waals surface area contributed by atoms with E-state index in [4.69, 9.17) is 9.72 Å². The summed E-state index contributed by atoms with van der Waals surface area (Å²) in [6, 6.07) is 11.4. The van der Waals surface area contributed by atoms with Crippen LogP contribution in [0.25, 0.3) is 20.8 Å². The molecule has 28 heavy (non-hydrogen) atoms. The van der Waals surface area contributed by atoms with E-state index in [2.05, 4.69) is 4.90 Å². The van der Waals surface area contributed by atoms with E-state index in [1.807, 2.05) is 37.3 Å². The minimum Gasteiger partial charge on any atom is -0.504 e. The van der Waals surface area contributed by atoms with Gasteiger partial charge < -0.3 is 14.7 Å². The van der Waals surface area contributed by atoms with Gasteiger partial charge in [-0.2, -0.15) is 0 Å². The molecule has 2 heterocycles. The first-order valence-corrected chi connectivity index (χ1v) is 10.1. The summed E-state index contributed by atoms with van der Waals surface area (Å²) >= 11 is 1.59. The van der Waals surface area contributed by atoms with Crippen molar-refractivity contribution in [1.82, 2.24) is 14.8 Å². The molecule has 0 bridgehead atoms. The van der Waals surface area contributed by atoms with Gasteiger partial charge in [-0.15, -0.1) is 11.3 Å². The summed E-state index contributed by atoms with van der Waals surface area (Å²) in [4.78, 5) is 20.8. The number of rotatable bonds is 3. The monoisotopic (exact) mass is 397 g/mol. The number of benzene rings is 2. The summed E-state index contributed by atoms with van der Waals surface area (Å²) in [7, 11) is 3.52. The van der Waals surface area contributed by atoms with Crippen LogP contribution in [-0.2, 0) is 11.3 Å². The normalized spacial score (nSPS) is 15.5. The summed E-state index contributed by atoms with van der Waals surface area (Å²) in [6.45, 7) is 3.48. The lowest BCUT2D eigenvalue weighted by atomic mass is 10.1. The van der Waals surface area contributed by atoms with Crippen LogP contribution in [0.1, 0.15) is 12.5 Å². The molecule has 7 heteroatoms. The molecule has 0 aliphatic carbocycles. The van der Waals surface area contributed by atoms with Gasteiger partial charge in [0, 0.05) is 38.3 Å². The van der Waals surface area contributed by atoms with E-state index in [1.54, 1.807) is 36.4 Å². The Morgan fingerprint density at radius 3 is 2.86 bits per heavy atom. The van der Waals surface area contributed by atoms with E-state index in [0.29, 0.717) is 25.4 Å². The van der Waals surface area contributed by atoms with Crippen molar-refractivity contribution >= 4 is 27.5 Å². The molecule has 3 aromatic rings. The van der Waals surface area contributed by atoms with Crippen molar-refractivity contribution in [3.8, 4) is 22.1 Å².